The van der Waals surface area contributed by atoms with Gasteiger partial charge in [-0.25, -0.2) is 0 Å². The van der Waals surface area contributed by atoms with Crippen LogP contribution in [0.25, 0.3) is 0 Å². The highest BCUT2D eigenvalue weighted by molar-refractivity contribution is 6.05. The molecule has 166 valence electrons. The van der Waals surface area contributed by atoms with E-state index in [0.717, 1.165) is 43.9 Å². The molecule has 4 aliphatic rings. The monoisotopic (exact) mass is 425 g/mol. The molecule has 0 aromatic heterocycles. The zero-order valence-electron chi connectivity index (χ0n) is 17.9. The van der Waals surface area contributed by atoms with Gasteiger partial charge in [0, 0.05) is 63.3 Å². The van der Waals surface area contributed by atoms with Gasteiger partial charge in [-0.15, -0.1) is 0 Å². The van der Waals surface area contributed by atoms with Crippen LogP contribution in [-0.4, -0.2) is 71.8 Å². The Morgan fingerprint density at radius 1 is 1.06 bits per heavy atom. The Morgan fingerprint density at radius 2 is 1.90 bits per heavy atom. The summed E-state index contributed by atoms with van der Waals surface area (Å²) in [7, 11) is 0. The highest BCUT2D eigenvalue weighted by Gasteiger charge is 2.39. The topological polar surface area (TPSA) is 93.8 Å². The highest BCUT2D eigenvalue weighted by Crippen LogP contribution is 2.29. The lowest BCUT2D eigenvalue weighted by Crippen LogP contribution is -2.53. The summed E-state index contributed by atoms with van der Waals surface area (Å²) in [6, 6.07) is 6.60. The second kappa shape index (κ2) is 8.68. The number of fused-ring (bicyclic) bond motifs is 1. The standard InChI is InChI=1S/C23H31N5O3/c29-21-7-6-20(22(30)26-21)28-14-16-5-4-15(12-17(16)23(28)31)13-25-18-2-1-3-19(18)27-10-8-24-9-11-27/h4-5,12,18-20,24-25H,1-3,6-11,13-14H2,(H,26,29,30)/t18-,19+,20?/m1/s1. The van der Waals surface area contributed by atoms with Crippen molar-refractivity contribution in [3.8, 4) is 0 Å². The Kier molecular flexibility index (Phi) is 5.77. The lowest BCUT2D eigenvalue weighted by Gasteiger charge is -2.36. The quantitative estimate of drug-likeness (QED) is 0.590. The molecular formula is C23H31N5O3. The molecule has 0 spiro atoms. The van der Waals surface area contributed by atoms with E-state index in [1.165, 1.54) is 19.3 Å². The molecular weight excluding hydrogens is 394 g/mol. The maximum Gasteiger partial charge on any atom is 0.255 e. The van der Waals surface area contributed by atoms with Gasteiger partial charge in [0.2, 0.25) is 11.8 Å². The van der Waals surface area contributed by atoms with Crippen LogP contribution in [0.4, 0.5) is 0 Å². The van der Waals surface area contributed by atoms with Gasteiger partial charge >= 0.3 is 0 Å². The molecule has 3 atom stereocenters. The molecule has 5 rings (SSSR count). The summed E-state index contributed by atoms with van der Waals surface area (Å²) >= 11 is 0. The molecule has 3 amide bonds. The molecule has 0 radical (unpaired) electrons. The Morgan fingerprint density at radius 3 is 2.71 bits per heavy atom. The van der Waals surface area contributed by atoms with Crippen molar-refractivity contribution in [2.24, 2.45) is 0 Å². The number of piperazine rings is 1. The third-order valence-corrected chi connectivity index (χ3v) is 7.26. The Bertz CT molecular complexity index is 882. The molecule has 8 heteroatoms. The van der Waals surface area contributed by atoms with Crippen LogP contribution in [-0.2, 0) is 22.7 Å². The van der Waals surface area contributed by atoms with Gasteiger partial charge in [-0.1, -0.05) is 18.6 Å². The molecule has 1 aromatic carbocycles. The number of hydrogen-bond acceptors (Lipinski definition) is 6. The first-order chi connectivity index (χ1) is 15.1. The molecule has 3 heterocycles. The first-order valence-corrected chi connectivity index (χ1v) is 11.5. The third kappa shape index (κ3) is 4.12. The van der Waals surface area contributed by atoms with Crippen molar-refractivity contribution in [3.63, 3.8) is 0 Å². The van der Waals surface area contributed by atoms with E-state index in [2.05, 4.69) is 26.9 Å². The fourth-order valence-corrected chi connectivity index (χ4v) is 5.59. The summed E-state index contributed by atoms with van der Waals surface area (Å²) in [5.74, 6) is -0.727. The number of carbonyl (C=O) groups excluding carboxylic acids is 3. The van der Waals surface area contributed by atoms with Gasteiger partial charge in [0.15, 0.2) is 0 Å². The zero-order chi connectivity index (χ0) is 21.4. The molecule has 3 fully saturated rings. The number of hydrogen-bond donors (Lipinski definition) is 3. The number of imide groups is 1. The number of benzene rings is 1. The summed E-state index contributed by atoms with van der Waals surface area (Å²) in [5, 5.41) is 9.54. The minimum atomic E-state index is -0.558. The van der Waals surface area contributed by atoms with Crippen molar-refractivity contribution in [2.45, 2.75) is 63.3 Å². The Balaban J connectivity index is 1.23. The van der Waals surface area contributed by atoms with E-state index in [0.29, 0.717) is 30.6 Å². The molecule has 2 saturated heterocycles. The molecule has 1 saturated carbocycles. The predicted octanol–water partition coefficient (Wildman–Crippen LogP) is 0.364. The molecule has 8 nitrogen and oxygen atoms in total. The first kappa shape index (κ1) is 20.6. The van der Waals surface area contributed by atoms with Crippen molar-refractivity contribution < 1.29 is 14.4 Å². The predicted molar refractivity (Wildman–Crippen MR) is 115 cm³/mol. The minimum absolute atomic E-state index is 0.106. The van der Waals surface area contributed by atoms with Crippen LogP contribution in [0.1, 0.15) is 53.6 Å². The van der Waals surface area contributed by atoms with Gasteiger partial charge in [0.1, 0.15) is 6.04 Å². The first-order valence-electron chi connectivity index (χ1n) is 11.5. The largest absolute Gasteiger partial charge is 0.322 e. The third-order valence-electron chi connectivity index (χ3n) is 7.26. The fraction of sp³-hybridized carbons (Fsp3) is 0.609. The van der Waals surface area contributed by atoms with Crippen LogP contribution in [0.2, 0.25) is 0 Å². The van der Waals surface area contributed by atoms with Crippen LogP contribution >= 0.6 is 0 Å². The number of nitrogens with one attached hydrogen (secondary N) is 3. The number of piperidine rings is 1. The number of rotatable bonds is 5. The van der Waals surface area contributed by atoms with Gasteiger partial charge in [-0.2, -0.15) is 0 Å². The van der Waals surface area contributed by atoms with E-state index in [-0.39, 0.29) is 24.1 Å². The molecule has 1 unspecified atom stereocenters. The van der Waals surface area contributed by atoms with Crippen LogP contribution in [0.15, 0.2) is 18.2 Å². The Labute approximate surface area is 182 Å². The minimum Gasteiger partial charge on any atom is -0.322 e. The van der Waals surface area contributed by atoms with E-state index < -0.39 is 6.04 Å². The van der Waals surface area contributed by atoms with Crippen LogP contribution in [0.5, 0.6) is 0 Å². The van der Waals surface area contributed by atoms with Gasteiger partial charge in [-0.3, -0.25) is 24.6 Å². The lowest BCUT2D eigenvalue weighted by molar-refractivity contribution is -0.136. The summed E-state index contributed by atoms with van der Waals surface area (Å²) < 4.78 is 0. The maximum atomic E-state index is 13.0. The summed E-state index contributed by atoms with van der Waals surface area (Å²) in [6.07, 6.45) is 4.38. The van der Waals surface area contributed by atoms with E-state index in [9.17, 15) is 14.4 Å². The van der Waals surface area contributed by atoms with Crippen molar-refractivity contribution in [3.05, 3.63) is 34.9 Å². The lowest BCUT2D eigenvalue weighted by atomic mass is 10.0. The van der Waals surface area contributed by atoms with E-state index in [1.807, 2.05) is 12.1 Å². The van der Waals surface area contributed by atoms with E-state index in [1.54, 1.807) is 4.90 Å². The summed E-state index contributed by atoms with van der Waals surface area (Å²) in [4.78, 5) is 40.9. The molecule has 31 heavy (non-hydrogen) atoms. The zero-order valence-corrected chi connectivity index (χ0v) is 17.9. The van der Waals surface area contributed by atoms with Gasteiger partial charge in [0.05, 0.1) is 0 Å². The highest BCUT2D eigenvalue weighted by atomic mass is 16.2. The van der Waals surface area contributed by atoms with E-state index >= 15 is 0 Å². The summed E-state index contributed by atoms with van der Waals surface area (Å²) in [5.41, 5.74) is 2.75. The van der Waals surface area contributed by atoms with E-state index in [4.69, 9.17) is 0 Å². The summed E-state index contributed by atoms with van der Waals surface area (Å²) in [6.45, 7) is 5.55. The maximum absolute atomic E-state index is 13.0. The number of nitrogens with zero attached hydrogens (tertiary/aromatic N) is 2. The molecule has 0 bridgehead atoms. The second-order valence-corrected chi connectivity index (χ2v) is 9.16. The Hall–Kier alpha value is -2.29. The average molecular weight is 426 g/mol. The fourth-order valence-electron chi connectivity index (χ4n) is 5.59. The normalized spacial score (nSPS) is 29.4. The average Bonchev–Trinajstić information content (AvgIpc) is 3.38. The SMILES string of the molecule is O=C1CCC(N2Cc3ccc(CN[C@@H]4CCC[C@@H]4N4CCNCC4)cc3C2=O)C(=O)N1. The molecule has 1 aliphatic carbocycles. The molecule has 3 N–H and O–H groups in total. The second-order valence-electron chi connectivity index (χ2n) is 9.16. The molecule has 3 aliphatic heterocycles. The van der Waals surface area contributed by atoms with Crippen LogP contribution in [0, 0.1) is 0 Å². The van der Waals surface area contributed by atoms with Gasteiger partial charge in [0.25, 0.3) is 5.91 Å². The molecule has 1 aromatic rings. The van der Waals surface area contributed by atoms with Crippen LogP contribution < -0.4 is 16.0 Å². The van der Waals surface area contributed by atoms with Crippen molar-refractivity contribution in [1.29, 1.82) is 0 Å². The van der Waals surface area contributed by atoms with Crippen molar-refractivity contribution in [1.82, 2.24) is 25.8 Å². The van der Waals surface area contributed by atoms with Crippen molar-refractivity contribution >= 4 is 17.7 Å². The number of amides is 3. The van der Waals surface area contributed by atoms with Gasteiger partial charge < -0.3 is 15.5 Å². The number of carbonyl (C=O) groups is 3. The smallest absolute Gasteiger partial charge is 0.255 e. The van der Waals surface area contributed by atoms with Crippen LogP contribution in [0.3, 0.4) is 0 Å². The van der Waals surface area contributed by atoms with Gasteiger partial charge in [-0.05, 0) is 36.5 Å². The van der Waals surface area contributed by atoms with Crippen molar-refractivity contribution in [2.75, 3.05) is 26.2 Å².